The van der Waals surface area contributed by atoms with E-state index in [4.69, 9.17) is 14.0 Å². The minimum atomic E-state index is -0.238. The Morgan fingerprint density at radius 1 is 1.43 bits per heavy atom. The van der Waals surface area contributed by atoms with Gasteiger partial charge in [-0.1, -0.05) is 11.2 Å². The van der Waals surface area contributed by atoms with Crippen LogP contribution < -0.4 is 10.1 Å². The molecular formula is C17H20N2O4. The minimum absolute atomic E-state index is 0.163. The molecule has 2 heterocycles. The van der Waals surface area contributed by atoms with E-state index in [1.807, 2.05) is 18.2 Å². The smallest absolute Gasteiger partial charge is 0.261 e. The molecule has 1 fully saturated rings. The average Bonchev–Trinajstić information content (AvgIpc) is 3.15. The van der Waals surface area contributed by atoms with Gasteiger partial charge in [0.15, 0.2) is 0 Å². The maximum atomic E-state index is 12.3. The van der Waals surface area contributed by atoms with Crippen LogP contribution in [0.25, 0.3) is 0 Å². The van der Waals surface area contributed by atoms with Crippen LogP contribution in [0.2, 0.25) is 0 Å². The van der Waals surface area contributed by atoms with Crippen molar-refractivity contribution in [1.29, 1.82) is 0 Å². The molecule has 1 amide bonds. The first-order chi connectivity index (χ1) is 11.1. The monoisotopic (exact) mass is 316 g/mol. The van der Waals surface area contributed by atoms with E-state index >= 15 is 0 Å². The fraction of sp³-hybridized carbons (Fsp3) is 0.412. The highest BCUT2D eigenvalue weighted by Crippen LogP contribution is 2.21. The van der Waals surface area contributed by atoms with Gasteiger partial charge in [0.05, 0.1) is 11.8 Å². The summed E-state index contributed by atoms with van der Waals surface area (Å²) >= 11 is 0. The lowest BCUT2D eigenvalue weighted by Crippen LogP contribution is -2.16. The van der Waals surface area contributed by atoms with Crippen molar-refractivity contribution in [2.24, 2.45) is 0 Å². The van der Waals surface area contributed by atoms with E-state index in [0.717, 1.165) is 19.4 Å². The normalized spacial score (nSPS) is 17.2. The van der Waals surface area contributed by atoms with Gasteiger partial charge in [-0.2, -0.15) is 0 Å². The van der Waals surface area contributed by atoms with E-state index < -0.39 is 0 Å². The molecule has 6 heteroatoms. The molecule has 1 aromatic carbocycles. The molecule has 1 unspecified atom stereocenters. The second kappa shape index (κ2) is 6.83. The number of hydrogen-bond donors (Lipinski definition) is 1. The van der Waals surface area contributed by atoms with Crippen molar-refractivity contribution in [3.63, 3.8) is 0 Å². The largest absolute Gasteiger partial charge is 0.491 e. The SMILES string of the molecule is Cc1noc(C)c1C(=O)Nc1cccc(OCC2CCCO2)c1. The molecule has 0 spiro atoms. The van der Waals surface area contributed by atoms with Gasteiger partial charge in [-0.3, -0.25) is 4.79 Å². The lowest BCUT2D eigenvalue weighted by Gasteiger charge is -2.12. The molecule has 3 rings (SSSR count). The van der Waals surface area contributed by atoms with Crippen molar-refractivity contribution < 1.29 is 18.8 Å². The fourth-order valence-corrected chi connectivity index (χ4v) is 2.63. The molecule has 1 saturated heterocycles. The molecule has 1 aromatic heterocycles. The van der Waals surface area contributed by atoms with Gasteiger partial charge in [0, 0.05) is 18.4 Å². The Hall–Kier alpha value is -2.34. The standard InChI is InChI=1S/C17H20N2O4/c1-11-16(12(2)23-19-11)17(20)18-13-5-3-6-14(9-13)22-10-15-7-4-8-21-15/h3,5-6,9,15H,4,7-8,10H2,1-2H3,(H,18,20). The van der Waals surface area contributed by atoms with Gasteiger partial charge in [0.1, 0.15) is 23.7 Å². The quantitative estimate of drug-likeness (QED) is 0.917. The summed E-state index contributed by atoms with van der Waals surface area (Å²) in [5.74, 6) is 0.973. The molecule has 2 aromatic rings. The predicted molar refractivity (Wildman–Crippen MR) is 84.8 cm³/mol. The van der Waals surface area contributed by atoms with Gasteiger partial charge in [0.2, 0.25) is 0 Å². The van der Waals surface area contributed by atoms with Crippen LogP contribution in [0.15, 0.2) is 28.8 Å². The number of rotatable bonds is 5. The first-order valence-electron chi connectivity index (χ1n) is 7.72. The Morgan fingerprint density at radius 2 is 2.30 bits per heavy atom. The van der Waals surface area contributed by atoms with Gasteiger partial charge in [-0.25, -0.2) is 0 Å². The van der Waals surface area contributed by atoms with Crippen molar-refractivity contribution in [3.8, 4) is 5.75 Å². The number of hydrogen-bond acceptors (Lipinski definition) is 5. The summed E-state index contributed by atoms with van der Waals surface area (Å²) in [5, 5.41) is 6.64. The van der Waals surface area contributed by atoms with Crippen molar-refractivity contribution in [1.82, 2.24) is 5.16 Å². The highest BCUT2D eigenvalue weighted by Gasteiger charge is 2.18. The van der Waals surface area contributed by atoms with E-state index in [9.17, 15) is 4.79 Å². The number of carbonyl (C=O) groups excluding carboxylic acids is 1. The Labute approximate surface area is 134 Å². The molecule has 1 aliphatic rings. The van der Waals surface area contributed by atoms with Crippen LogP contribution in [-0.2, 0) is 4.74 Å². The highest BCUT2D eigenvalue weighted by atomic mass is 16.5. The van der Waals surface area contributed by atoms with Crippen LogP contribution in [0.4, 0.5) is 5.69 Å². The molecule has 23 heavy (non-hydrogen) atoms. The number of nitrogens with zero attached hydrogens (tertiary/aromatic N) is 1. The third-order valence-corrected chi connectivity index (χ3v) is 3.81. The number of aryl methyl sites for hydroxylation is 2. The Morgan fingerprint density at radius 3 is 3.00 bits per heavy atom. The van der Waals surface area contributed by atoms with Gasteiger partial charge in [0.25, 0.3) is 5.91 Å². The summed E-state index contributed by atoms with van der Waals surface area (Å²) in [6, 6.07) is 7.31. The van der Waals surface area contributed by atoms with Crippen molar-refractivity contribution >= 4 is 11.6 Å². The van der Waals surface area contributed by atoms with E-state index in [1.54, 1.807) is 19.9 Å². The summed E-state index contributed by atoms with van der Waals surface area (Å²) in [7, 11) is 0. The van der Waals surface area contributed by atoms with E-state index in [-0.39, 0.29) is 12.0 Å². The van der Waals surface area contributed by atoms with E-state index in [1.165, 1.54) is 0 Å². The zero-order valence-corrected chi connectivity index (χ0v) is 13.3. The van der Waals surface area contributed by atoms with Crippen LogP contribution in [0.3, 0.4) is 0 Å². The lowest BCUT2D eigenvalue weighted by atomic mass is 10.2. The summed E-state index contributed by atoms with van der Waals surface area (Å²) in [5.41, 5.74) is 1.71. The number of anilines is 1. The molecule has 0 saturated carbocycles. The third-order valence-electron chi connectivity index (χ3n) is 3.81. The second-order valence-corrected chi connectivity index (χ2v) is 5.63. The van der Waals surface area contributed by atoms with Crippen LogP contribution in [0.5, 0.6) is 5.75 Å². The number of ether oxygens (including phenoxy) is 2. The Bertz CT molecular complexity index is 670. The third kappa shape index (κ3) is 3.71. The zero-order chi connectivity index (χ0) is 16.2. The summed E-state index contributed by atoms with van der Waals surface area (Å²) in [6.45, 7) is 4.80. The Kier molecular flexibility index (Phi) is 4.62. The fourth-order valence-electron chi connectivity index (χ4n) is 2.63. The summed E-state index contributed by atoms with van der Waals surface area (Å²) < 4.78 is 16.3. The molecule has 0 radical (unpaired) electrons. The number of benzene rings is 1. The number of carbonyl (C=O) groups is 1. The average molecular weight is 316 g/mol. The molecule has 122 valence electrons. The van der Waals surface area contributed by atoms with Gasteiger partial charge in [-0.05, 0) is 38.8 Å². The van der Waals surface area contributed by atoms with Crippen LogP contribution in [-0.4, -0.2) is 30.4 Å². The van der Waals surface area contributed by atoms with E-state index in [0.29, 0.717) is 35.1 Å². The number of amides is 1. The first kappa shape index (κ1) is 15.6. The van der Waals surface area contributed by atoms with Gasteiger partial charge < -0.3 is 19.3 Å². The van der Waals surface area contributed by atoms with Gasteiger partial charge >= 0.3 is 0 Å². The lowest BCUT2D eigenvalue weighted by molar-refractivity contribution is 0.0680. The molecular weight excluding hydrogens is 296 g/mol. The summed E-state index contributed by atoms with van der Waals surface area (Å²) in [6.07, 6.45) is 2.28. The van der Waals surface area contributed by atoms with Crippen molar-refractivity contribution in [2.45, 2.75) is 32.8 Å². The molecule has 6 nitrogen and oxygen atoms in total. The zero-order valence-electron chi connectivity index (χ0n) is 13.3. The Balaban J connectivity index is 1.64. The topological polar surface area (TPSA) is 73.6 Å². The molecule has 1 atom stereocenters. The number of nitrogens with one attached hydrogen (secondary N) is 1. The molecule has 0 bridgehead atoms. The second-order valence-electron chi connectivity index (χ2n) is 5.63. The first-order valence-corrected chi connectivity index (χ1v) is 7.72. The van der Waals surface area contributed by atoms with Crippen molar-refractivity contribution in [3.05, 3.63) is 41.3 Å². The van der Waals surface area contributed by atoms with Crippen LogP contribution >= 0.6 is 0 Å². The summed E-state index contributed by atoms with van der Waals surface area (Å²) in [4.78, 5) is 12.3. The minimum Gasteiger partial charge on any atom is -0.491 e. The molecule has 1 N–H and O–H groups in total. The van der Waals surface area contributed by atoms with Gasteiger partial charge in [-0.15, -0.1) is 0 Å². The van der Waals surface area contributed by atoms with Crippen molar-refractivity contribution in [2.75, 3.05) is 18.5 Å². The maximum Gasteiger partial charge on any atom is 0.261 e. The number of aromatic nitrogens is 1. The molecule has 1 aliphatic heterocycles. The molecule has 0 aliphatic carbocycles. The van der Waals surface area contributed by atoms with E-state index in [2.05, 4.69) is 10.5 Å². The van der Waals surface area contributed by atoms with Crippen LogP contribution in [0.1, 0.15) is 34.7 Å². The maximum absolute atomic E-state index is 12.3. The highest BCUT2D eigenvalue weighted by molar-refractivity contribution is 6.05. The van der Waals surface area contributed by atoms with Crippen LogP contribution in [0, 0.1) is 13.8 Å². The predicted octanol–water partition coefficient (Wildman–Crippen LogP) is 3.10.